The Labute approximate surface area is 79.6 Å². The van der Waals surface area contributed by atoms with Gasteiger partial charge in [-0.25, -0.2) is 9.31 Å². The van der Waals surface area contributed by atoms with E-state index < -0.39 is 5.97 Å². The Balaban J connectivity index is 2.57. The van der Waals surface area contributed by atoms with Crippen molar-refractivity contribution in [3.8, 4) is 12.3 Å². The van der Waals surface area contributed by atoms with Gasteiger partial charge in [0.05, 0.1) is 6.54 Å². The molecule has 0 saturated heterocycles. The van der Waals surface area contributed by atoms with Crippen LogP contribution in [0.15, 0.2) is 18.5 Å². The molecule has 0 unspecified atom stereocenters. The fourth-order valence-corrected chi connectivity index (χ4v) is 1.27. The van der Waals surface area contributed by atoms with Crippen molar-refractivity contribution in [1.29, 1.82) is 0 Å². The Bertz CT molecular complexity index is 530. The number of hydrogen-bond acceptors (Lipinski definition) is 2. The number of aromatic carboxylic acids is 1. The van der Waals surface area contributed by atoms with Crippen LogP contribution in [-0.4, -0.2) is 25.3 Å². The average Bonchev–Trinajstić information content (AvgIpc) is 2.67. The molecular weight excluding hydrogens is 182 g/mol. The van der Waals surface area contributed by atoms with Gasteiger partial charge in [-0.2, -0.15) is 5.10 Å². The normalized spacial score (nSPS) is 10.2. The van der Waals surface area contributed by atoms with Crippen LogP contribution < -0.4 is 0 Å². The molecule has 70 valence electrons. The van der Waals surface area contributed by atoms with Crippen molar-refractivity contribution in [3.05, 3.63) is 24.2 Å². The minimum absolute atomic E-state index is 0.0198. The molecule has 14 heavy (non-hydrogen) atoms. The molecule has 0 aliphatic carbocycles. The van der Waals surface area contributed by atoms with Crippen molar-refractivity contribution in [1.82, 2.24) is 14.2 Å². The number of fused-ring (bicyclic) bond motifs is 1. The van der Waals surface area contributed by atoms with E-state index in [1.54, 1.807) is 17.0 Å². The SMILES string of the molecule is C#CCn1ccn2nc(C(=O)O)cc12. The molecule has 0 aliphatic heterocycles. The van der Waals surface area contributed by atoms with E-state index in [9.17, 15) is 4.79 Å². The number of carbonyl (C=O) groups is 1. The van der Waals surface area contributed by atoms with Crippen LogP contribution in [0.5, 0.6) is 0 Å². The van der Waals surface area contributed by atoms with E-state index in [0.717, 1.165) is 0 Å². The van der Waals surface area contributed by atoms with Crippen molar-refractivity contribution in [3.63, 3.8) is 0 Å². The topological polar surface area (TPSA) is 59.5 Å². The highest BCUT2D eigenvalue weighted by Crippen LogP contribution is 2.07. The van der Waals surface area contributed by atoms with E-state index in [0.29, 0.717) is 12.2 Å². The second-order valence-corrected chi connectivity index (χ2v) is 2.77. The van der Waals surface area contributed by atoms with E-state index in [1.165, 1.54) is 10.6 Å². The number of terminal acetylenes is 1. The Morgan fingerprint density at radius 1 is 1.64 bits per heavy atom. The lowest BCUT2D eigenvalue weighted by Crippen LogP contribution is -1.96. The molecule has 5 heteroatoms. The number of hydrogen-bond donors (Lipinski definition) is 1. The minimum atomic E-state index is -1.04. The van der Waals surface area contributed by atoms with Gasteiger partial charge in [0.2, 0.25) is 0 Å². The van der Waals surface area contributed by atoms with Gasteiger partial charge < -0.3 is 9.67 Å². The first-order chi connectivity index (χ1) is 6.72. The zero-order valence-corrected chi connectivity index (χ0v) is 7.21. The van der Waals surface area contributed by atoms with E-state index >= 15 is 0 Å². The maximum Gasteiger partial charge on any atom is 0.356 e. The second kappa shape index (κ2) is 2.92. The van der Waals surface area contributed by atoms with Gasteiger partial charge in [0.15, 0.2) is 5.69 Å². The number of nitrogens with zero attached hydrogens (tertiary/aromatic N) is 3. The van der Waals surface area contributed by atoms with Crippen LogP contribution in [0, 0.1) is 12.3 Å². The minimum Gasteiger partial charge on any atom is -0.476 e. The number of carboxylic acid groups (broad SMARTS) is 1. The molecule has 0 aliphatic rings. The smallest absolute Gasteiger partial charge is 0.356 e. The van der Waals surface area contributed by atoms with Gasteiger partial charge in [0.1, 0.15) is 5.65 Å². The molecule has 5 nitrogen and oxygen atoms in total. The van der Waals surface area contributed by atoms with Gasteiger partial charge >= 0.3 is 5.97 Å². The monoisotopic (exact) mass is 189 g/mol. The summed E-state index contributed by atoms with van der Waals surface area (Å²) in [6.07, 6.45) is 8.58. The lowest BCUT2D eigenvalue weighted by atomic mass is 10.4. The number of rotatable bonds is 2. The predicted octanol–water partition coefficient (Wildman–Crippen LogP) is 0.467. The van der Waals surface area contributed by atoms with Crippen LogP contribution >= 0.6 is 0 Å². The van der Waals surface area contributed by atoms with Gasteiger partial charge in [-0.3, -0.25) is 0 Å². The molecule has 0 aromatic carbocycles. The third-order valence-electron chi connectivity index (χ3n) is 1.88. The largest absolute Gasteiger partial charge is 0.476 e. The summed E-state index contributed by atoms with van der Waals surface area (Å²) in [5.74, 6) is 1.43. The highest BCUT2D eigenvalue weighted by atomic mass is 16.4. The Morgan fingerprint density at radius 3 is 3.07 bits per heavy atom. The fraction of sp³-hybridized carbons (Fsp3) is 0.111. The van der Waals surface area contributed by atoms with Crippen LogP contribution in [0.25, 0.3) is 5.65 Å². The first-order valence-electron chi connectivity index (χ1n) is 3.93. The molecule has 0 saturated carbocycles. The summed E-state index contributed by atoms with van der Waals surface area (Å²) in [5.41, 5.74) is 0.701. The third-order valence-corrected chi connectivity index (χ3v) is 1.88. The van der Waals surface area contributed by atoms with Crippen molar-refractivity contribution < 1.29 is 9.90 Å². The molecule has 2 heterocycles. The van der Waals surface area contributed by atoms with Gasteiger partial charge in [-0.15, -0.1) is 6.42 Å². The van der Waals surface area contributed by atoms with Crippen molar-refractivity contribution in [2.24, 2.45) is 0 Å². The van der Waals surface area contributed by atoms with E-state index in [4.69, 9.17) is 11.5 Å². The van der Waals surface area contributed by atoms with Crippen molar-refractivity contribution in [2.45, 2.75) is 6.54 Å². The first-order valence-corrected chi connectivity index (χ1v) is 3.93. The lowest BCUT2D eigenvalue weighted by molar-refractivity contribution is 0.0690. The van der Waals surface area contributed by atoms with Crippen molar-refractivity contribution in [2.75, 3.05) is 0 Å². The summed E-state index contributed by atoms with van der Waals surface area (Å²) < 4.78 is 3.24. The maximum absolute atomic E-state index is 10.6. The Morgan fingerprint density at radius 2 is 2.43 bits per heavy atom. The van der Waals surface area contributed by atoms with Gasteiger partial charge in [0.25, 0.3) is 0 Å². The Kier molecular flexibility index (Phi) is 1.75. The standard InChI is InChI=1S/C9H7N3O2/c1-2-3-11-4-5-12-8(11)6-7(10-12)9(13)14/h1,4-6H,3H2,(H,13,14). The van der Waals surface area contributed by atoms with E-state index in [1.807, 2.05) is 0 Å². The lowest BCUT2D eigenvalue weighted by Gasteiger charge is -1.93. The molecule has 0 bridgehead atoms. The average molecular weight is 189 g/mol. The van der Waals surface area contributed by atoms with Crippen LogP contribution in [0.4, 0.5) is 0 Å². The van der Waals surface area contributed by atoms with Gasteiger partial charge in [-0.05, 0) is 0 Å². The third kappa shape index (κ3) is 1.13. The number of carboxylic acids is 1. The summed E-state index contributed by atoms with van der Waals surface area (Å²) in [6.45, 7) is 0.404. The molecule has 0 radical (unpaired) electrons. The molecular formula is C9H7N3O2. The molecule has 0 atom stereocenters. The van der Waals surface area contributed by atoms with Crippen LogP contribution in [-0.2, 0) is 6.54 Å². The maximum atomic E-state index is 10.6. The molecule has 1 N–H and O–H groups in total. The summed E-state index contributed by atoms with van der Waals surface area (Å²) in [7, 11) is 0. The zero-order valence-electron chi connectivity index (χ0n) is 7.21. The van der Waals surface area contributed by atoms with Gasteiger partial charge in [-0.1, -0.05) is 5.92 Å². The predicted molar refractivity (Wildman–Crippen MR) is 49.0 cm³/mol. The molecule has 0 amide bonds. The summed E-state index contributed by atoms with van der Waals surface area (Å²) in [4.78, 5) is 10.6. The summed E-state index contributed by atoms with van der Waals surface area (Å²) in [6, 6.07) is 1.49. The van der Waals surface area contributed by atoms with Crippen LogP contribution in [0.1, 0.15) is 10.5 Å². The van der Waals surface area contributed by atoms with E-state index in [-0.39, 0.29) is 5.69 Å². The number of aromatic nitrogens is 3. The first kappa shape index (κ1) is 8.38. The highest BCUT2D eigenvalue weighted by Gasteiger charge is 2.10. The van der Waals surface area contributed by atoms with E-state index in [2.05, 4.69) is 11.0 Å². The van der Waals surface area contributed by atoms with Gasteiger partial charge in [0, 0.05) is 18.5 Å². The molecule has 2 rings (SSSR count). The van der Waals surface area contributed by atoms with Crippen molar-refractivity contribution >= 4 is 11.6 Å². The summed E-state index contributed by atoms with van der Waals surface area (Å²) >= 11 is 0. The quantitative estimate of drug-likeness (QED) is 0.698. The molecule has 2 aromatic rings. The fourth-order valence-electron chi connectivity index (χ4n) is 1.27. The molecule has 0 spiro atoms. The number of imidazole rings is 1. The second-order valence-electron chi connectivity index (χ2n) is 2.77. The van der Waals surface area contributed by atoms with Crippen LogP contribution in [0.2, 0.25) is 0 Å². The summed E-state index contributed by atoms with van der Waals surface area (Å²) in [5, 5.41) is 12.5. The zero-order chi connectivity index (χ0) is 10.1. The molecule has 0 fully saturated rings. The molecule has 2 aromatic heterocycles. The highest BCUT2D eigenvalue weighted by molar-refractivity contribution is 5.86. The Hall–Kier alpha value is -2.22. The van der Waals surface area contributed by atoms with Crippen LogP contribution in [0.3, 0.4) is 0 Å².